The van der Waals surface area contributed by atoms with Gasteiger partial charge in [-0.25, -0.2) is 0 Å². The molecule has 0 unspecified atom stereocenters. The van der Waals surface area contributed by atoms with Crippen molar-refractivity contribution in [1.82, 2.24) is 19.8 Å². The highest BCUT2D eigenvalue weighted by Crippen LogP contribution is 2.39. The van der Waals surface area contributed by atoms with Crippen LogP contribution >= 0.6 is 0 Å². The highest BCUT2D eigenvalue weighted by molar-refractivity contribution is 5.98. The molecule has 1 N–H and O–H groups in total. The van der Waals surface area contributed by atoms with Gasteiger partial charge in [-0.15, -0.1) is 0 Å². The lowest BCUT2D eigenvalue weighted by Crippen LogP contribution is -2.45. The summed E-state index contributed by atoms with van der Waals surface area (Å²) in [5.74, 6) is 0.169. The van der Waals surface area contributed by atoms with Crippen molar-refractivity contribution >= 4 is 16.8 Å². The summed E-state index contributed by atoms with van der Waals surface area (Å²) in [6.07, 6.45) is 5.43. The zero-order valence-corrected chi connectivity index (χ0v) is 17.0. The van der Waals surface area contributed by atoms with Crippen molar-refractivity contribution in [3.63, 3.8) is 0 Å². The van der Waals surface area contributed by atoms with Crippen molar-refractivity contribution in [2.45, 2.75) is 32.7 Å². The Balaban J connectivity index is 1.27. The molecule has 4 heterocycles. The number of aromatic amines is 1. The van der Waals surface area contributed by atoms with Crippen LogP contribution in [-0.2, 0) is 6.54 Å². The minimum absolute atomic E-state index is 0.169. The molecule has 3 aromatic rings. The Kier molecular flexibility index (Phi) is 4.63. The number of fused-ring (bicyclic) bond motifs is 1. The molecular weight excluding hydrogens is 360 g/mol. The van der Waals surface area contributed by atoms with Crippen molar-refractivity contribution < 1.29 is 4.79 Å². The smallest absolute Gasteiger partial charge is 0.253 e. The Morgan fingerprint density at radius 2 is 2.07 bits per heavy atom. The fourth-order valence-electron chi connectivity index (χ4n) is 5.17. The summed E-state index contributed by atoms with van der Waals surface area (Å²) in [6.45, 7) is 6.86. The average molecular weight is 389 g/mol. The van der Waals surface area contributed by atoms with E-state index in [2.05, 4.69) is 31.9 Å². The minimum Gasteiger partial charge on any atom is -0.361 e. The number of pyridine rings is 1. The number of nitrogens with one attached hydrogen (secondary N) is 1. The number of piperidine rings is 1. The SMILES string of the molecule is Cc1cccc(CN2CCC[C@@]3(CCN(C(=O)c4ccc5[nH]ccc5c4)C3)C2)n1. The fraction of sp³-hybridized carbons (Fsp3) is 0.417. The van der Waals surface area contributed by atoms with E-state index in [1.807, 2.05) is 43.5 Å². The lowest BCUT2D eigenvalue weighted by Gasteiger charge is -2.40. The van der Waals surface area contributed by atoms with Crippen LogP contribution < -0.4 is 0 Å². The molecule has 150 valence electrons. The number of rotatable bonds is 3. The molecule has 1 atom stereocenters. The molecule has 5 nitrogen and oxygen atoms in total. The molecule has 2 saturated heterocycles. The summed E-state index contributed by atoms with van der Waals surface area (Å²) < 4.78 is 0. The van der Waals surface area contributed by atoms with E-state index in [1.165, 1.54) is 12.8 Å². The molecule has 1 amide bonds. The number of H-pyrrole nitrogens is 1. The van der Waals surface area contributed by atoms with Crippen LogP contribution in [0.25, 0.3) is 10.9 Å². The first-order valence-corrected chi connectivity index (χ1v) is 10.6. The first kappa shape index (κ1) is 18.4. The van der Waals surface area contributed by atoms with Gasteiger partial charge in [0.25, 0.3) is 5.91 Å². The number of hydrogen-bond donors (Lipinski definition) is 1. The van der Waals surface area contributed by atoms with Gasteiger partial charge in [0.1, 0.15) is 0 Å². The maximum absolute atomic E-state index is 13.1. The predicted molar refractivity (Wildman–Crippen MR) is 115 cm³/mol. The zero-order chi connectivity index (χ0) is 19.8. The van der Waals surface area contributed by atoms with Crippen LogP contribution in [0.5, 0.6) is 0 Å². The maximum Gasteiger partial charge on any atom is 0.253 e. The van der Waals surface area contributed by atoms with E-state index in [0.29, 0.717) is 0 Å². The van der Waals surface area contributed by atoms with Crippen LogP contribution in [0.3, 0.4) is 0 Å². The van der Waals surface area contributed by atoms with E-state index in [0.717, 1.165) is 67.0 Å². The molecular formula is C24H28N4O. The Morgan fingerprint density at radius 1 is 1.14 bits per heavy atom. The number of aryl methyl sites for hydroxylation is 1. The summed E-state index contributed by atoms with van der Waals surface area (Å²) >= 11 is 0. The highest BCUT2D eigenvalue weighted by Gasteiger charge is 2.42. The molecule has 0 aliphatic carbocycles. The first-order chi connectivity index (χ1) is 14.1. The number of aromatic nitrogens is 2. The fourth-order valence-corrected chi connectivity index (χ4v) is 5.17. The van der Waals surface area contributed by atoms with Gasteiger partial charge >= 0.3 is 0 Å². The van der Waals surface area contributed by atoms with Crippen LogP contribution in [0.15, 0.2) is 48.7 Å². The predicted octanol–water partition coefficient (Wildman–Crippen LogP) is 4.00. The van der Waals surface area contributed by atoms with Gasteiger partial charge in [-0.3, -0.25) is 14.7 Å². The van der Waals surface area contributed by atoms with Gasteiger partial charge < -0.3 is 9.88 Å². The van der Waals surface area contributed by atoms with Crippen LogP contribution in [-0.4, -0.2) is 51.9 Å². The Hall–Kier alpha value is -2.66. The van der Waals surface area contributed by atoms with E-state index in [-0.39, 0.29) is 11.3 Å². The van der Waals surface area contributed by atoms with Gasteiger partial charge in [0.2, 0.25) is 0 Å². The van der Waals surface area contributed by atoms with Crippen molar-refractivity contribution in [3.05, 3.63) is 65.6 Å². The Morgan fingerprint density at radius 3 is 2.97 bits per heavy atom. The van der Waals surface area contributed by atoms with Crippen LogP contribution in [0.4, 0.5) is 0 Å². The molecule has 0 bridgehead atoms. The summed E-state index contributed by atoms with van der Waals surface area (Å²) in [7, 11) is 0. The van der Waals surface area contributed by atoms with E-state index >= 15 is 0 Å². The van der Waals surface area contributed by atoms with Crippen molar-refractivity contribution in [3.8, 4) is 0 Å². The second-order valence-electron chi connectivity index (χ2n) is 8.84. The molecule has 2 aliphatic rings. The first-order valence-electron chi connectivity index (χ1n) is 10.6. The van der Waals surface area contributed by atoms with Gasteiger partial charge in [-0.05, 0) is 69.1 Å². The normalized spacial score (nSPS) is 22.6. The van der Waals surface area contributed by atoms with Gasteiger partial charge in [-0.2, -0.15) is 0 Å². The minimum atomic E-state index is 0.169. The number of carbonyl (C=O) groups is 1. The van der Waals surface area contributed by atoms with Crippen molar-refractivity contribution in [2.75, 3.05) is 26.2 Å². The topological polar surface area (TPSA) is 52.2 Å². The van der Waals surface area contributed by atoms with Crippen LogP contribution in [0, 0.1) is 12.3 Å². The Bertz CT molecular complexity index is 1040. The maximum atomic E-state index is 13.1. The summed E-state index contributed by atoms with van der Waals surface area (Å²) in [6, 6.07) is 14.2. The quantitative estimate of drug-likeness (QED) is 0.738. The molecule has 2 aromatic heterocycles. The second-order valence-corrected chi connectivity index (χ2v) is 8.84. The molecule has 29 heavy (non-hydrogen) atoms. The van der Waals surface area contributed by atoms with E-state index in [1.54, 1.807) is 0 Å². The number of likely N-dealkylation sites (tertiary alicyclic amines) is 2. The summed E-state index contributed by atoms with van der Waals surface area (Å²) in [4.78, 5) is 25.6. The molecule has 1 spiro atoms. The monoisotopic (exact) mass is 388 g/mol. The van der Waals surface area contributed by atoms with Gasteiger partial charge in [0.15, 0.2) is 0 Å². The Labute approximate surface area is 171 Å². The second kappa shape index (κ2) is 7.30. The van der Waals surface area contributed by atoms with Crippen LogP contribution in [0.1, 0.15) is 41.0 Å². The standard InChI is InChI=1S/C24H28N4O/c1-18-4-2-5-21(26-18)15-27-12-3-9-24(16-27)10-13-28(17-24)23(29)20-6-7-22-19(14-20)8-11-25-22/h2,4-8,11,14,25H,3,9-10,12-13,15-17H2,1H3/t24-/m1/s1. The third kappa shape index (κ3) is 3.67. The van der Waals surface area contributed by atoms with Crippen molar-refractivity contribution in [1.29, 1.82) is 0 Å². The van der Waals surface area contributed by atoms with Crippen LogP contribution in [0.2, 0.25) is 0 Å². The molecule has 5 heteroatoms. The van der Waals surface area contributed by atoms with Gasteiger partial charge in [0.05, 0.1) is 5.69 Å². The third-order valence-corrected chi connectivity index (χ3v) is 6.60. The summed E-state index contributed by atoms with van der Waals surface area (Å²) in [5.41, 5.74) is 4.33. The number of nitrogens with zero attached hydrogens (tertiary/aromatic N) is 3. The van der Waals surface area contributed by atoms with E-state index in [9.17, 15) is 4.79 Å². The van der Waals surface area contributed by atoms with Gasteiger partial charge in [-0.1, -0.05) is 6.07 Å². The summed E-state index contributed by atoms with van der Waals surface area (Å²) in [5, 5.41) is 1.10. The lowest BCUT2D eigenvalue weighted by molar-refractivity contribution is 0.0672. The third-order valence-electron chi connectivity index (χ3n) is 6.60. The molecule has 1 aromatic carbocycles. The number of amides is 1. The average Bonchev–Trinajstić information content (AvgIpc) is 3.34. The van der Waals surface area contributed by atoms with Gasteiger partial charge in [0, 0.05) is 60.0 Å². The molecule has 2 aliphatic heterocycles. The zero-order valence-electron chi connectivity index (χ0n) is 17.0. The number of hydrogen-bond acceptors (Lipinski definition) is 3. The molecule has 0 radical (unpaired) electrons. The molecule has 5 rings (SSSR count). The largest absolute Gasteiger partial charge is 0.361 e. The number of benzene rings is 1. The lowest BCUT2D eigenvalue weighted by atomic mass is 9.79. The van der Waals surface area contributed by atoms with E-state index in [4.69, 9.17) is 0 Å². The number of carbonyl (C=O) groups excluding carboxylic acids is 1. The molecule has 0 saturated carbocycles. The van der Waals surface area contributed by atoms with E-state index < -0.39 is 0 Å². The van der Waals surface area contributed by atoms with Crippen molar-refractivity contribution in [2.24, 2.45) is 5.41 Å². The molecule has 2 fully saturated rings. The highest BCUT2D eigenvalue weighted by atomic mass is 16.2.